The molecule has 0 spiro atoms. The zero-order chi connectivity index (χ0) is 7.66. The highest BCUT2D eigenvalue weighted by atomic mass is 16.6. The maximum Gasteiger partial charge on any atom is 0.116 e. The molecule has 0 aromatic rings. The molecule has 0 unspecified atom stereocenters. The Kier molecular flexibility index (Phi) is 7.25. The van der Waals surface area contributed by atoms with Crippen molar-refractivity contribution in [2.75, 3.05) is 7.11 Å². The number of unbranched alkanes of at least 4 members (excludes halogenated alkanes) is 2. The summed E-state index contributed by atoms with van der Waals surface area (Å²) in [4.78, 5) is 4.40. The van der Waals surface area contributed by atoms with Gasteiger partial charge in [0, 0.05) is 6.42 Å². The van der Waals surface area contributed by atoms with E-state index in [1.807, 2.05) is 0 Å². The van der Waals surface area contributed by atoms with E-state index in [9.17, 15) is 0 Å². The second-order valence-electron chi connectivity index (χ2n) is 1.70. The summed E-state index contributed by atoms with van der Waals surface area (Å²) in [5, 5.41) is 3.46. The van der Waals surface area contributed by atoms with Gasteiger partial charge in [-0.2, -0.15) is 0 Å². The Hall–Kier alpha value is -0.970. The highest BCUT2D eigenvalue weighted by Crippen LogP contribution is 1.89. The van der Waals surface area contributed by atoms with E-state index in [0.717, 1.165) is 19.3 Å². The maximum atomic E-state index is 4.40. The fourth-order valence-corrected chi connectivity index (χ4v) is 0.410. The molecule has 0 aliphatic rings. The highest BCUT2D eigenvalue weighted by Gasteiger charge is 1.74. The van der Waals surface area contributed by atoms with Crippen LogP contribution >= 0.6 is 0 Å². The van der Waals surface area contributed by atoms with Gasteiger partial charge < -0.3 is 4.84 Å². The van der Waals surface area contributed by atoms with Gasteiger partial charge in [-0.25, -0.2) is 0 Å². The molecule has 55 valence electrons. The minimum atomic E-state index is 0.888. The van der Waals surface area contributed by atoms with Gasteiger partial charge in [-0.1, -0.05) is 30.3 Å². The molecule has 0 aliphatic heterocycles. The quantitative estimate of drug-likeness (QED) is 0.251. The first-order valence-electron chi connectivity index (χ1n) is 3.24. The summed E-state index contributed by atoms with van der Waals surface area (Å²) in [5.74, 6) is 5.63. The van der Waals surface area contributed by atoms with Gasteiger partial charge in [-0.05, 0) is 6.42 Å². The van der Waals surface area contributed by atoms with Crippen molar-refractivity contribution in [3.05, 3.63) is 6.92 Å². The lowest BCUT2D eigenvalue weighted by Crippen LogP contribution is -1.71. The fourth-order valence-electron chi connectivity index (χ4n) is 0.410. The summed E-state index contributed by atoms with van der Waals surface area (Å²) in [6.45, 7) is 3.69. The summed E-state index contributed by atoms with van der Waals surface area (Å²) in [6, 6.07) is 0. The zero-order valence-corrected chi connectivity index (χ0v) is 6.26. The van der Waals surface area contributed by atoms with Gasteiger partial charge in [0.25, 0.3) is 0 Å². The molecule has 0 bridgehead atoms. The molecule has 0 saturated heterocycles. The number of nitrogens with zero attached hydrogens (tertiary/aromatic N) is 1. The van der Waals surface area contributed by atoms with E-state index in [4.69, 9.17) is 0 Å². The van der Waals surface area contributed by atoms with Crippen LogP contribution in [0.15, 0.2) is 5.16 Å². The van der Waals surface area contributed by atoms with Crippen LogP contribution in [-0.4, -0.2) is 13.3 Å². The molecule has 0 saturated carbocycles. The lowest BCUT2D eigenvalue weighted by molar-refractivity contribution is 0.216. The molecule has 2 nitrogen and oxygen atoms in total. The molecule has 0 fully saturated rings. The third kappa shape index (κ3) is 7.03. The van der Waals surface area contributed by atoms with Crippen molar-refractivity contribution in [2.45, 2.75) is 19.3 Å². The first kappa shape index (κ1) is 9.03. The van der Waals surface area contributed by atoms with Gasteiger partial charge >= 0.3 is 0 Å². The number of rotatable bonds is 3. The Bertz CT molecular complexity index is 141. The smallest absolute Gasteiger partial charge is 0.116 e. The van der Waals surface area contributed by atoms with Crippen molar-refractivity contribution in [3.63, 3.8) is 0 Å². The van der Waals surface area contributed by atoms with E-state index in [1.165, 1.54) is 13.3 Å². The van der Waals surface area contributed by atoms with Crippen molar-refractivity contribution < 1.29 is 4.84 Å². The molecule has 1 radical (unpaired) electrons. The van der Waals surface area contributed by atoms with Crippen LogP contribution in [0.5, 0.6) is 0 Å². The normalized spacial score (nSPS) is 9.00. The fraction of sp³-hybridized carbons (Fsp3) is 0.500. The Balaban J connectivity index is 3.22. The lowest BCUT2D eigenvalue weighted by Gasteiger charge is -1.81. The third-order valence-corrected chi connectivity index (χ3v) is 0.877. The SMILES string of the molecule is [CH2]CCCC#CC=NOC. The van der Waals surface area contributed by atoms with Gasteiger partial charge in [0.05, 0.1) is 0 Å². The third-order valence-electron chi connectivity index (χ3n) is 0.877. The van der Waals surface area contributed by atoms with E-state index in [-0.39, 0.29) is 0 Å². The summed E-state index contributed by atoms with van der Waals surface area (Å²) in [5.41, 5.74) is 0. The lowest BCUT2D eigenvalue weighted by atomic mass is 10.3. The first-order valence-corrected chi connectivity index (χ1v) is 3.24. The summed E-state index contributed by atoms with van der Waals surface area (Å²) in [7, 11) is 1.49. The van der Waals surface area contributed by atoms with Crippen LogP contribution < -0.4 is 0 Å². The van der Waals surface area contributed by atoms with Crippen molar-refractivity contribution in [2.24, 2.45) is 5.16 Å². The molecule has 0 aliphatic carbocycles. The van der Waals surface area contributed by atoms with E-state index in [1.54, 1.807) is 0 Å². The molecular formula is C8H12NO. The van der Waals surface area contributed by atoms with Crippen LogP contribution in [0, 0.1) is 18.8 Å². The van der Waals surface area contributed by atoms with E-state index < -0.39 is 0 Å². The predicted molar refractivity (Wildman–Crippen MR) is 42.5 cm³/mol. The summed E-state index contributed by atoms with van der Waals surface area (Å²) < 4.78 is 0. The molecule has 0 heterocycles. The van der Waals surface area contributed by atoms with Gasteiger partial charge in [-0.15, -0.1) is 0 Å². The minimum Gasteiger partial charge on any atom is -0.399 e. The van der Waals surface area contributed by atoms with Gasteiger partial charge in [0.2, 0.25) is 0 Å². The molecule has 0 N–H and O–H groups in total. The molecule has 0 rings (SSSR count). The standard InChI is InChI=1S/C8H12NO/c1-3-4-5-6-7-8-9-10-2/h8H,1,3-5H2,2H3. The Morgan fingerprint density at radius 1 is 1.70 bits per heavy atom. The average Bonchev–Trinajstić information content (AvgIpc) is 1.97. The second kappa shape index (κ2) is 8.03. The van der Waals surface area contributed by atoms with Crippen LogP contribution in [-0.2, 0) is 4.84 Å². The first-order chi connectivity index (χ1) is 4.91. The van der Waals surface area contributed by atoms with Crippen molar-refractivity contribution >= 4 is 6.21 Å². The number of hydrogen-bond donors (Lipinski definition) is 0. The topological polar surface area (TPSA) is 21.6 Å². The molecule has 10 heavy (non-hydrogen) atoms. The van der Waals surface area contributed by atoms with Crippen LogP contribution in [0.2, 0.25) is 0 Å². The summed E-state index contributed by atoms with van der Waals surface area (Å²) in [6.07, 6.45) is 4.33. The predicted octanol–water partition coefficient (Wildman–Crippen LogP) is 1.63. The average molecular weight is 138 g/mol. The summed E-state index contributed by atoms with van der Waals surface area (Å²) >= 11 is 0. The zero-order valence-electron chi connectivity index (χ0n) is 6.26. The maximum absolute atomic E-state index is 4.40. The Labute approximate surface area is 62.3 Å². The molecule has 0 aromatic carbocycles. The highest BCUT2D eigenvalue weighted by molar-refractivity contribution is 5.77. The van der Waals surface area contributed by atoms with Crippen molar-refractivity contribution in [1.29, 1.82) is 0 Å². The molecule has 2 heteroatoms. The number of hydrogen-bond acceptors (Lipinski definition) is 2. The van der Waals surface area contributed by atoms with E-state index in [0.29, 0.717) is 0 Å². The van der Waals surface area contributed by atoms with Crippen LogP contribution in [0.3, 0.4) is 0 Å². The van der Waals surface area contributed by atoms with Crippen LogP contribution in [0.4, 0.5) is 0 Å². The minimum absolute atomic E-state index is 0.888. The van der Waals surface area contributed by atoms with Gasteiger partial charge in [0.15, 0.2) is 0 Å². The molecular weight excluding hydrogens is 126 g/mol. The van der Waals surface area contributed by atoms with Crippen LogP contribution in [0.25, 0.3) is 0 Å². The van der Waals surface area contributed by atoms with E-state index in [2.05, 4.69) is 28.8 Å². The monoisotopic (exact) mass is 138 g/mol. The van der Waals surface area contributed by atoms with Crippen molar-refractivity contribution in [1.82, 2.24) is 0 Å². The second-order valence-corrected chi connectivity index (χ2v) is 1.70. The van der Waals surface area contributed by atoms with E-state index >= 15 is 0 Å². The number of oxime groups is 1. The Morgan fingerprint density at radius 3 is 3.10 bits per heavy atom. The molecule has 0 amide bonds. The van der Waals surface area contributed by atoms with Crippen LogP contribution in [0.1, 0.15) is 19.3 Å². The molecule has 0 atom stereocenters. The van der Waals surface area contributed by atoms with Gasteiger partial charge in [-0.3, -0.25) is 0 Å². The Morgan fingerprint density at radius 2 is 2.50 bits per heavy atom. The van der Waals surface area contributed by atoms with Crippen molar-refractivity contribution in [3.8, 4) is 11.8 Å². The van der Waals surface area contributed by atoms with Gasteiger partial charge in [0.1, 0.15) is 13.3 Å². The molecule has 0 aromatic heterocycles. The largest absolute Gasteiger partial charge is 0.399 e.